The van der Waals surface area contributed by atoms with Crippen molar-refractivity contribution in [3.8, 4) is 0 Å². The number of Topliss-reactive ketones (excluding diaryl/α,β-unsaturated/α-hetero) is 2. The van der Waals surface area contributed by atoms with Gasteiger partial charge in [-0.05, 0) is 79.0 Å². The third-order valence-electron chi connectivity index (χ3n) is 16.5. The Balaban J connectivity index is 1.41. The molecule has 0 saturated carbocycles. The van der Waals surface area contributed by atoms with E-state index in [0.717, 1.165) is 22.8 Å². The summed E-state index contributed by atoms with van der Waals surface area (Å²) in [5, 5.41) is 9.53. The molecule has 1 fully saturated rings. The molecule has 2 heterocycles. The van der Waals surface area contributed by atoms with Crippen LogP contribution in [0.5, 0.6) is 0 Å². The lowest BCUT2D eigenvalue weighted by molar-refractivity contribution is -0.149. The van der Waals surface area contributed by atoms with Crippen molar-refractivity contribution in [1.82, 2.24) is 25.3 Å². The first-order valence-corrected chi connectivity index (χ1v) is 30.6. The maximum absolute atomic E-state index is 14.9. The van der Waals surface area contributed by atoms with Gasteiger partial charge in [0.25, 0.3) is 0 Å². The molecule has 21 heteroatoms. The zero-order valence-corrected chi connectivity index (χ0v) is 52.3. The number of methoxy groups -OCH3 is 2. The number of carbonyl (C=O) groups is 8. The molecule has 2 aromatic rings. The minimum absolute atomic E-state index is 0.0284. The fourth-order valence-corrected chi connectivity index (χ4v) is 12.3. The molecular formula is C62H97N9O11S. The number of nitrogens with two attached hydrogens (primary N) is 2. The molecule has 4 rings (SSSR count). The highest BCUT2D eigenvalue weighted by Gasteiger charge is 2.44. The van der Waals surface area contributed by atoms with Gasteiger partial charge in [0.1, 0.15) is 6.61 Å². The number of hydrogen-bond donors (Lipinski definition) is 5. The SMILES string of the molecule is CC[C@H](C)[C@@H]([C@@H](CC(=O)N1CCC[C@H]1[C@H](OC)[C@@H](C)C(=O)N[C@@H](Cc1ccccc1)C1=NCCS1)OC)N(C)C(=O)[C@@H](CC(=O)[C@H](C(C)C)N(C)C(=O)OCc1ccc(NC(=O)[C@H](CCCNC(N)=O)CC(=O)[C@@H](N)C(C)C)cc1)C(C)C. The van der Waals surface area contributed by atoms with Crippen LogP contribution in [-0.2, 0) is 56.0 Å². The predicted molar refractivity (Wildman–Crippen MR) is 325 cm³/mol. The van der Waals surface area contributed by atoms with Gasteiger partial charge < -0.3 is 56.3 Å². The second-order valence-corrected chi connectivity index (χ2v) is 24.7. The van der Waals surface area contributed by atoms with Crippen LogP contribution in [0.3, 0.4) is 0 Å². The normalized spacial score (nSPS) is 18.0. The van der Waals surface area contributed by atoms with Gasteiger partial charge in [-0.15, -0.1) is 11.8 Å². The summed E-state index contributed by atoms with van der Waals surface area (Å²) in [5.74, 6) is -3.58. The Morgan fingerprint density at radius 2 is 1.48 bits per heavy atom. The first-order chi connectivity index (χ1) is 39.3. The first kappa shape index (κ1) is 69.6. The molecule has 2 aromatic carbocycles. The number of ether oxygens (including phenoxy) is 3. The van der Waals surface area contributed by atoms with E-state index in [1.807, 2.05) is 97.5 Å². The number of thioether (sulfide) groups is 1. The Morgan fingerprint density at radius 3 is 2.05 bits per heavy atom. The lowest BCUT2D eigenvalue weighted by Gasteiger charge is -2.41. The van der Waals surface area contributed by atoms with Crippen molar-refractivity contribution < 1.29 is 52.6 Å². The number of aliphatic imine (C=N–C) groups is 1. The average Bonchev–Trinajstić information content (AvgIpc) is 4.39. The average molecular weight is 1180 g/mol. The van der Waals surface area contributed by atoms with Gasteiger partial charge in [-0.1, -0.05) is 111 Å². The largest absolute Gasteiger partial charge is 0.445 e. The fraction of sp³-hybridized carbons (Fsp3) is 0.661. The van der Waals surface area contributed by atoms with Crippen molar-refractivity contribution in [2.75, 3.05) is 59.0 Å². The maximum Gasteiger partial charge on any atom is 0.410 e. The number of anilines is 1. The van der Waals surface area contributed by atoms with Gasteiger partial charge in [0, 0.05) is 84.1 Å². The van der Waals surface area contributed by atoms with Crippen LogP contribution in [0.4, 0.5) is 15.3 Å². The Hall–Kier alpha value is -5.90. The summed E-state index contributed by atoms with van der Waals surface area (Å²) in [6.45, 7) is 18.3. The lowest BCUT2D eigenvalue weighted by atomic mass is 9.83. The number of primary amides is 1. The molecule has 0 aromatic heterocycles. The summed E-state index contributed by atoms with van der Waals surface area (Å²) in [7, 11) is 6.34. The maximum atomic E-state index is 14.9. The number of likely N-dealkylation sites (N-methyl/N-ethyl adjacent to an activating group) is 2. The Labute approximate surface area is 497 Å². The minimum atomic E-state index is -0.926. The molecule has 0 aliphatic carbocycles. The number of nitrogens with zero attached hydrogens (tertiary/aromatic N) is 4. The Bertz CT molecular complexity index is 2480. The zero-order chi connectivity index (χ0) is 61.7. The molecule has 0 unspecified atom stereocenters. The number of hydrogen-bond acceptors (Lipinski definition) is 14. The molecule has 0 spiro atoms. The second kappa shape index (κ2) is 34.2. The van der Waals surface area contributed by atoms with Gasteiger partial charge in [0.2, 0.25) is 23.6 Å². The third-order valence-corrected chi connectivity index (χ3v) is 17.6. The number of carbonyl (C=O) groups excluding carboxylic acids is 8. The van der Waals surface area contributed by atoms with Gasteiger partial charge >= 0.3 is 12.1 Å². The molecule has 7 N–H and O–H groups in total. The van der Waals surface area contributed by atoms with Gasteiger partial charge in [-0.2, -0.15) is 0 Å². The van der Waals surface area contributed by atoms with Crippen LogP contribution < -0.4 is 27.4 Å². The molecule has 1 saturated heterocycles. The number of benzene rings is 2. The van der Waals surface area contributed by atoms with Crippen molar-refractivity contribution >= 4 is 69.8 Å². The smallest absolute Gasteiger partial charge is 0.410 e. The van der Waals surface area contributed by atoms with Crippen LogP contribution in [-0.4, -0.2) is 163 Å². The molecular weight excluding hydrogens is 1080 g/mol. The molecule has 2 aliphatic heterocycles. The molecule has 7 amide bonds. The van der Waals surface area contributed by atoms with Gasteiger partial charge in [0.05, 0.1) is 59.8 Å². The predicted octanol–water partition coefficient (Wildman–Crippen LogP) is 7.25. The van der Waals surface area contributed by atoms with Crippen molar-refractivity contribution in [3.05, 3.63) is 65.7 Å². The van der Waals surface area contributed by atoms with E-state index in [1.165, 1.54) is 11.9 Å². The molecule has 11 atom stereocenters. The summed E-state index contributed by atoms with van der Waals surface area (Å²) in [6.07, 6.45) is 1.09. The van der Waals surface area contributed by atoms with Gasteiger partial charge in [-0.3, -0.25) is 33.8 Å². The van der Waals surface area contributed by atoms with Crippen molar-refractivity contribution in [3.63, 3.8) is 0 Å². The summed E-state index contributed by atoms with van der Waals surface area (Å²) < 4.78 is 17.9. The summed E-state index contributed by atoms with van der Waals surface area (Å²) in [5.41, 5.74) is 13.4. The van der Waals surface area contributed by atoms with Crippen LogP contribution >= 0.6 is 11.8 Å². The quantitative estimate of drug-likeness (QED) is 0.0433. The van der Waals surface area contributed by atoms with Crippen molar-refractivity contribution in [2.24, 2.45) is 57.9 Å². The van der Waals surface area contributed by atoms with E-state index >= 15 is 0 Å². The lowest BCUT2D eigenvalue weighted by Crippen LogP contribution is -2.55. The monoisotopic (exact) mass is 1180 g/mol. The summed E-state index contributed by atoms with van der Waals surface area (Å²) in [6, 6.07) is 13.1. The number of nitrogens with one attached hydrogen (secondary N) is 3. The van der Waals surface area contributed by atoms with E-state index < -0.39 is 60.2 Å². The topological polar surface area (TPSA) is 274 Å². The first-order valence-electron chi connectivity index (χ1n) is 29.6. The molecule has 462 valence electrons. The highest BCUT2D eigenvalue weighted by atomic mass is 32.2. The Morgan fingerprint density at radius 1 is 0.807 bits per heavy atom. The third kappa shape index (κ3) is 20.4. The standard InChI is InChI=1S/C62H97N9O11S/c1-14-40(8)55(51(80-12)35-52(74)71-30-19-23-48(71)56(81-13)41(9)57(75)68-47(59-65-29-31-83-59)32-42-20-16-15-17-21-42)69(10)60(77)46(37(2)3)34-50(73)54(39(6)7)70(11)62(79)82-36-43-24-26-45(27-25-43)67-58(76)44(22-18-28-66-61(64)78)33-49(72)53(63)38(4)5/h15-17,20-21,24-27,37-41,44,46-48,51,53-56H,14,18-19,22-23,28-36,63H2,1-13H3,(H,67,76)(H,68,75)(H3,64,66,78)/t40-,41+,44+,46-,47-,48-,51+,53-,54-,55-,56+/m0/s1. The Kier molecular flexibility index (Phi) is 28.6. The van der Waals surface area contributed by atoms with Crippen LogP contribution in [0, 0.1) is 41.4 Å². The molecule has 0 bridgehead atoms. The minimum Gasteiger partial charge on any atom is -0.445 e. The number of amides is 7. The fourth-order valence-electron chi connectivity index (χ4n) is 11.4. The second-order valence-electron chi connectivity index (χ2n) is 23.5. The summed E-state index contributed by atoms with van der Waals surface area (Å²) >= 11 is 1.66. The van der Waals surface area contributed by atoms with Crippen molar-refractivity contribution in [1.29, 1.82) is 0 Å². The van der Waals surface area contributed by atoms with Crippen molar-refractivity contribution in [2.45, 2.75) is 169 Å². The van der Waals surface area contributed by atoms with Crippen LogP contribution in [0.1, 0.15) is 125 Å². The van der Waals surface area contributed by atoms with E-state index in [1.54, 1.807) is 62.2 Å². The van der Waals surface area contributed by atoms with Crippen LogP contribution in [0.2, 0.25) is 0 Å². The van der Waals surface area contributed by atoms with E-state index in [9.17, 15) is 38.4 Å². The highest BCUT2D eigenvalue weighted by Crippen LogP contribution is 2.32. The van der Waals surface area contributed by atoms with E-state index in [2.05, 4.69) is 16.0 Å². The number of urea groups is 1. The number of likely N-dealkylation sites (tertiary alicyclic amines) is 1. The molecule has 20 nitrogen and oxygen atoms in total. The van der Waals surface area contributed by atoms with Crippen LogP contribution in [0.25, 0.3) is 0 Å². The van der Waals surface area contributed by atoms with Gasteiger partial charge in [0.15, 0.2) is 11.6 Å². The van der Waals surface area contributed by atoms with E-state index in [4.69, 9.17) is 30.7 Å². The number of ketones is 2. The van der Waals surface area contributed by atoms with E-state index in [-0.39, 0.29) is 103 Å². The number of rotatable bonds is 34. The zero-order valence-electron chi connectivity index (χ0n) is 51.5. The highest BCUT2D eigenvalue weighted by molar-refractivity contribution is 8.14. The van der Waals surface area contributed by atoms with E-state index in [0.29, 0.717) is 56.4 Å². The molecule has 2 aliphatic rings. The van der Waals surface area contributed by atoms with Gasteiger partial charge in [-0.25, -0.2) is 9.59 Å². The summed E-state index contributed by atoms with van der Waals surface area (Å²) in [4.78, 5) is 119. The van der Waals surface area contributed by atoms with Crippen LogP contribution in [0.15, 0.2) is 59.6 Å². The molecule has 0 radical (unpaired) electrons. The molecule has 83 heavy (non-hydrogen) atoms.